The number of rotatable bonds is 6. The lowest BCUT2D eigenvalue weighted by Crippen LogP contribution is -2.43. The molecule has 1 unspecified atom stereocenters. The van der Waals surface area contributed by atoms with Crippen LogP contribution in [0.1, 0.15) is 25.3 Å². The molecule has 108 valence electrons. The lowest BCUT2D eigenvalue weighted by Gasteiger charge is -2.33. The van der Waals surface area contributed by atoms with Crippen LogP contribution in [0.4, 0.5) is 0 Å². The van der Waals surface area contributed by atoms with E-state index in [4.69, 9.17) is 5.26 Å². The molecule has 1 aromatic rings. The fraction of sp³-hybridized carbons (Fsp3) is 0.588. The van der Waals surface area contributed by atoms with Gasteiger partial charge < -0.3 is 10.2 Å². The van der Waals surface area contributed by atoms with Gasteiger partial charge in [-0.15, -0.1) is 0 Å². The third-order valence-electron chi connectivity index (χ3n) is 4.12. The average molecular weight is 271 g/mol. The molecule has 0 amide bonds. The number of hydrogen-bond acceptors (Lipinski definition) is 3. The first-order chi connectivity index (χ1) is 9.81. The van der Waals surface area contributed by atoms with Crippen molar-refractivity contribution < 1.29 is 0 Å². The number of nitrogens with zero attached hydrogens (tertiary/aromatic N) is 2. The molecule has 0 bridgehead atoms. The van der Waals surface area contributed by atoms with E-state index in [1.165, 1.54) is 24.8 Å². The van der Waals surface area contributed by atoms with E-state index < -0.39 is 0 Å². The van der Waals surface area contributed by atoms with Crippen LogP contribution < -0.4 is 5.32 Å². The second kappa shape index (κ2) is 8.04. The Morgan fingerprint density at radius 3 is 2.60 bits per heavy atom. The molecule has 1 heterocycles. The number of benzene rings is 1. The van der Waals surface area contributed by atoms with Crippen LogP contribution in [0.25, 0.3) is 0 Å². The van der Waals surface area contributed by atoms with Crippen molar-refractivity contribution >= 4 is 0 Å². The van der Waals surface area contributed by atoms with Gasteiger partial charge in [0.15, 0.2) is 0 Å². The highest BCUT2D eigenvalue weighted by molar-refractivity contribution is 5.15. The molecule has 0 radical (unpaired) electrons. The van der Waals surface area contributed by atoms with Gasteiger partial charge in [0.25, 0.3) is 0 Å². The predicted molar refractivity (Wildman–Crippen MR) is 82.4 cm³/mol. The Morgan fingerprint density at radius 1 is 1.30 bits per heavy atom. The molecular formula is C17H25N3. The van der Waals surface area contributed by atoms with Gasteiger partial charge in [0.1, 0.15) is 6.04 Å². The number of likely N-dealkylation sites (tertiary alicyclic amines) is 1. The summed E-state index contributed by atoms with van der Waals surface area (Å²) in [5.41, 5.74) is 1.45. The summed E-state index contributed by atoms with van der Waals surface area (Å²) >= 11 is 0. The summed E-state index contributed by atoms with van der Waals surface area (Å²) in [6.07, 6.45) is 3.70. The maximum absolute atomic E-state index is 9.10. The molecule has 1 atom stereocenters. The van der Waals surface area contributed by atoms with E-state index in [9.17, 15) is 0 Å². The number of likely N-dealkylation sites (N-methyl/N-ethyl adjacent to an activating group) is 1. The van der Waals surface area contributed by atoms with Crippen LogP contribution in [-0.2, 0) is 6.42 Å². The zero-order chi connectivity index (χ0) is 14.2. The van der Waals surface area contributed by atoms with E-state index >= 15 is 0 Å². The summed E-state index contributed by atoms with van der Waals surface area (Å²) in [6.45, 7) is 6.03. The molecule has 1 saturated heterocycles. The predicted octanol–water partition coefficient (Wildman–Crippen LogP) is 2.44. The highest BCUT2D eigenvalue weighted by Crippen LogP contribution is 2.21. The monoisotopic (exact) mass is 271 g/mol. The lowest BCUT2D eigenvalue weighted by atomic mass is 9.90. The first-order valence-electron chi connectivity index (χ1n) is 7.71. The number of hydrogen-bond donors (Lipinski definition) is 1. The Hall–Kier alpha value is -1.37. The number of nitrogens with one attached hydrogen (secondary N) is 1. The Kier molecular flexibility index (Phi) is 6.04. The van der Waals surface area contributed by atoms with E-state index in [1.807, 2.05) is 0 Å². The van der Waals surface area contributed by atoms with E-state index in [0.29, 0.717) is 0 Å². The summed E-state index contributed by atoms with van der Waals surface area (Å²) in [7, 11) is 0. The van der Waals surface area contributed by atoms with Crippen molar-refractivity contribution in [1.29, 1.82) is 5.26 Å². The zero-order valence-electron chi connectivity index (χ0n) is 12.4. The van der Waals surface area contributed by atoms with Gasteiger partial charge in [-0.3, -0.25) is 0 Å². The largest absolute Gasteiger partial charge is 0.301 e. The summed E-state index contributed by atoms with van der Waals surface area (Å²) in [4.78, 5) is 2.43. The molecule has 0 saturated carbocycles. The topological polar surface area (TPSA) is 39.1 Å². The van der Waals surface area contributed by atoms with Gasteiger partial charge in [0, 0.05) is 6.54 Å². The zero-order valence-corrected chi connectivity index (χ0v) is 12.4. The molecule has 0 aromatic heterocycles. The first kappa shape index (κ1) is 15.0. The van der Waals surface area contributed by atoms with Crippen LogP contribution in [0, 0.1) is 17.2 Å². The van der Waals surface area contributed by atoms with E-state index in [1.54, 1.807) is 0 Å². The molecule has 20 heavy (non-hydrogen) atoms. The molecule has 1 aromatic carbocycles. The molecule has 1 fully saturated rings. The van der Waals surface area contributed by atoms with Gasteiger partial charge in [0.2, 0.25) is 0 Å². The minimum atomic E-state index is -0.0225. The fourth-order valence-corrected chi connectivity index (χ4v) is 2.98. The number of piperidine rings is 1. The minimum absolute atomic E-state index is 0.0225. The summed E-state index contributed by atoms with van der Waals surface area (Å²) in [5, 5.41) is 12.3. The van der Waals surface area contributed by atoms with Gasteiger partial charge in [-0.05, 0) is 50.4 Å². The quantitative estimate of drug-likeness (QED) is 0.864. The molecule has 3 nitrogen and oxygen atoms in total. The van der Waals surface area contributed by atoms with Crippen molar-refractivity contribution in [2.24, 2.45) is 5.92 Å². The molecule has 1 aliphatic heterocycles. The lowest BCUT2D eigenvalue weighted by molar-refractivity contribution is 0.176. The van der Waals surface area contributed by atoms with Crippen molar-refractivity contribution in [3.63, 3.8) is 0 Å². The molecule has 1 aliphatic rings. The van der Waals surface area contributed by atoms with Crippen LogP contribution in [0.5, 0.6) is 0 Å². The second-order valence-corrected chi connectivity index (χ2v) is 5.67. The summed E-state index contributed by atoms with van der Waals surface area (Å²) in [5.74, 6) is 0.799. The van der Waals surface area contributed by atoms with Crippen LogP contribution in [0.15, 0.2) is 30.3 Å². The highest BCUT2D eigenvalue weighted by atomic mass is 15.2. The second-order valence-electron chi connectivity index (χ2n) is 5.67. The Bertz CT molecular complexity index is 416. The minimum Gasteiger partial charge on any atom is -0.301 e. The maximum atomic E-state index is 9.10. The van der Waals surface area contributed by atoms with Crippen LogP contribution in [-0.4, -0.2) is 37.1 Å². The third-order valence-corrected chi connectivity index (χ3v) is 4.12. The van der Waals surface area contributed by atoms with Gasteiger partial charge in [0.05, 0.1) is 6.07 Å². The molecular weight excluding hydrogens is 246 g/mol. The normalized spacial score (nSPS) is 18.6. The van der Waals surface area contributed by atoms with Gasteiger partial charge in [-0.2, -0.15) is 5.26 Å². The molecule has 0 aliphatic carbocycles. The SMILES string of the molecule is CCNC(C#N)CN1CCC(Cc2ccccc2)CC1. The average Bonchev–Trinajstić information content (AvgIpc) is 2.50. The summed E-state index contributed by atoms with van der Waals surface area (Å²) in [6, 6.07) is 13.1. The van der Waals surface area contributed by atoms with E-state index in [-0.39, 0.29) is 6.04 Å². The van der Waals surface area contributed by atoms with Crippen LogP contribution >= 0.6 is 0 Å². The van der Waals surface area contributed by atoms with Crippen LogP contribution in [0.3, 0.4) is 0 Å². The van der Waals surface area contributed by atoms with Gasteiger partial charge in [-0.25, -0.2) is 0 Å². The van der Waals surface area contributed by atoms with Gasteiger partial charge >= 0.3 is 0 Å². The Balaban J connectivity index is 1.74. The smallest absolute Gasteiger partial charge is 0.108 e. The van der Waals surface area contributed by atoms with Crippen molar-refractivity contribution in [2.75, 3.05) is 26.2 Å². The fourth-order valence-electron chi connectivity index (χ4n) is 2.98. The Morgan fingerprint density at radius 2 is 2.00 bits per heavy atom. The highest BCUT2D eigenvalue weighted by Gasteiger charge is 2.21. The van der Waals surface area contributed by atoms with Crippen LogP contribution in [0.2, 0.25) is 0 Å². The molecule has 2 rings (SSSR count). The standard InChI is InChI=1S/C17H25N3/c1-2-19-17(13-18)14-20-10-8-16(9-11-20)12-15-6-4-3-5-7-15/h3-7,16-17,19H,2,8-12,14H2,1H3. The summed E-state index contributed by atoms with van der Waals surface area (Å²) < 4.78 is 0. The van der Waals surface area contributed by atoms with Crippen molar-refractivity contribution in [2.45, 2.75) is 32.2 Å². The van der Waals surface area contributed by atoms with E-state index in [0.717, 1.165) is 32.1 Å². The van der Waals surface area contributed by atoms with Crippen molar-refractivity contribution in [1.82, 2.24) is 10.2 Å². The van der Waals surface area contributed by atoms with Crippen molar-refractivity contribution in [3.8, 4) is 6.07 Å². The number of nitriles is 1. The first-order valence-corrected chi connectivity index (χ1v) is 7.71. The molecule has 1 N–H and O–H groups in total. The molecule has 3 heteroatoms. The third kappa shape index (κ3) is 4.63. The molecule has 0 spiro atoms. The Labute approximate surface area is 122 Å². The maximum Gasteiger partial charge on any atom is 0.108 e. The van der Waals surface area contributed by atoms with Crippen molar-refractivity contribution in [3.05, 3.63) is 35.9 Å². The van der Waals surface area contributed by atoms with E-state index in [2.05, 4.69) is 53.5 Å². The van der Waals surface area contributed by atoms with Gasteiger partial charge in [-0.1, -0.05) is 37.3 Å².